The van der Waals surface area contributed by atoms with Gasteiger partial charge in [-0.2, -0.15) is 0 Å². The second-order valence-electron chi connectivity index (χ2n) is 14.7. The maximum absolute atomic E-state index is 11.9. The molecule has 27 heteroatoms. The van der Waals surface area contributed by atoms with Gasteiger partial charge in [0.05, 0.1) is 33.0 Å². The zero-order chi connectivity index (χ0) is 43.6. The van der Waals surface area contributed by atoms with Crippen molar-refractivity contribution in [1.29, 1.82) is 0 Å². The van der Waals surface area contributed by atoms with E-state index in [0.717, 1.165) is 6.92 Å². The molecule has 1 amide bonds. The van der Waals surface area contributed by atoms with Crippen LogP contribution in [-0.4, -0.2) is 274 Å². The molecule has 0 aromatic rings. The molecule has 17 N–H and O–H groups in total. The first kappa shape index (κ1) is 48.5. The fraction of sp³-hybridized carbons (Fsp3) is 0.969. The molecule has 0 spiro atoms. The summed E-state index contributed by atoms with van der Waals surface area (Å²) in [5, 5.41) is 169. The van der Waals surface area contributed by atoms with E-state index in [1.54, 1.807) is 0 Å². The lowest BCUT2D eigenvalue weighted by Gasteiger charge is -2.49. The van der Waals surface area contributed by atoms with Gasteiger partial charge in [0.15, 0.2) is 31.5 Å². The van der Waals surface area contributed by atoms with Crippen LogP contribution in [0.25, 0.3) is 0 Å². The smallest absolute Gasteiger partial charge is 0.217 e. The first-order valence-electron chi connectivity index (χ1n) is 18.6. The van der Waals surface area contributed by atoms with Crippen LogP contribution in [0.4, 0.5) is 0 Å². The fourth-order valence-electron chi connectivity index (χ4n) is 7.32. The third-order valence-electron chi connectivity index (χ3n) is 10.7. The van der Waals surface area contributed by atoms with E-state index in [1.807, 2.05) is 0 Å². The summed E-state index contributed by atoms with van der Waals surface area (Å²) >= 11 is 0. The van der Waals surface area contributed by atoms with Crippen LogP contribution >= 0.6 is 0 Å². The minimum atomic E-state index is -2.09. The van der Waals surface area contributed by atoms with Crippen molar-refractivity contribution in [2.45, 2.75) is 160 Å². The Kier molecular flexibility index (Phi) is 17.1. The molecule has 0 aliphatic carbocycles. The van der Waals surface area contributed by atoms with Crippen LogP contribution in [0.5, 0.6) is 0 Å². The molecule has 0 aromatic carbocycles. The van der Waals surface area contributed by atoms with Gasteiger partial charge in [-0.15, -0.1) is 0 Å². The van der Waals surface area contributed by atoms with Crippen molar-refractivity contribution in [2.24, 2.45) is 0 Å². The minimum Gasteiger partial charge on any atom is -0.394 e. The van der Waals surface area contributed by atoms with E-state index in [0.29, 0.717) is 0 Å². The summed E-state index contributed by atoms with van der Waals surface area (Å²) in [6, 6.07) is -1.60. The molecule has 0 aromatic heterocycles. The summed E-state index contributed by atoms with van der Waals surface area (Å²) in [4.78, 5) is 11.9. The van der Waals surface area contributed by atoms with Gasteiger partial charge in [-0.05, 0) is 0 Å². The molecule has 27 nitrogen and oxygen atoms in total. The normalized spacial score (nSPS) is 50.1. The van der Waals surface area contributed by atoms with Gasteiger partial charge in [0.2, 0.25) is 5.91 Å². The van der Waals surface area contributed by atoms with Gasteiger partial charge in [0, 0.05) is 6.92 Å². The van der Waals surface area contributed by atoms with Gasteiger partial charge < -0.3 is 130 Å². The van der Waals surface area contributed by atoms with Crippen molar-refractivity contribution in [3.05, 3.63) is 0 Å². The highest BCUT2D eigenvalue weighted by molar-refractivity contribution is 5.73. The van der Waals surface area contributed by atoms with Crippen molar-refractivity contribution in [1.82, 2.24) is 5.32 Å². The second-order valence-corrected chi connectivity index (χ2v) is 14.7. The molecule has 5 heterocycles. The highest BCUT2D eigenvalue weighted by Crippen LogP contribution is 2.36. The molecule has 0 unspecified atom stereocenters. The first-order chi connectivity index (χ1) is 27.9. The maximum Gasteiger partial charge on any atom is 0.217 e. The molecule has 0 radical (unpaired) electrons. The van der Waals surface area contributed by atoms with Gasteiger partial charge in [0.25, 0.3) is 0 Å². The third-order valence-corrected chi connectivity index (χ3v) is 10.7. The van der Waals surface area contributed by atoms with Crippen LogP contribution in [0.15, 0.2) is 0 Å². The Balaban J connectivity index is 1.46. The summed E-state index contributed by atoms with van der Waals surface area (Å²) < 4.78 is 51.1. The predicted octanol–water partition coefficient (Wildman–Crippen LogP) is -11.8. The van der Waals surface area contributed by atoms with Gasteiger partial charge in [-0.1, -0.05) is 0 Å². The molecule has 5 fully saturated rings. The van der Waals surface area contributed by atoms with E-state index in [1.165, 1.54) is 0 Å². The Morgan fingerprint density at radius 1 is 0.525 bits per heavy atom. The van der Waals surface area contributed by atoms with Crippen molar-refractivity contribution < 1.29 is 129 Å². The van der Waals surface area contributed by atoms with Gasteiger partial charge in [0.1, 0.15) is 122 Å². The van der Waals surface area contributed by atoms with Gasteiger partial charge in [-0.25, -0.2) is 0 Å². The number of aliphatic hydroxyl groups excluding tert-OH is 16. The van der Waals surface area contributed by atoms with Crippen LogP contribution in [0.3, 0.4) is 0 Å². The van der Waals surface area contributed by atoms with Crippen LogP contribution in [-0.2, 0) is 47.4 Å². The summed E-state index contributed by atoms with van der Waals surface area (Å²) in [5.74, 6) is -0.744. The number of hydrogen-bond donors (Lipinski definition) is 17. The van der Waals surface area contributed by atoms with Crippen LogP contribution in [0.1, 0.15) is 6.92 Å². The van der Waals surface area contributed by atoms with E-state index < -0.39 is 192 Å². The fourth-order valence-corrected chi connectivity index (χ4v) is 7.32. The number of amides is 1. The van der Waals surface area contributed by atoms with E-state index >= 15 is 0 Å². The lowest BCUT2D eigenvalue weighted by molar-refractivity contribution is -0.395. The topological polar surface area (TPSA) is 436 Å². The van der Waals surface area contributed by atoms with Crippen LogP contribution in [0, 0.1) is 0 Å². The predicted molar refractivity (Wildman–Crippen MR) is 178 cm³/mol. The average molecular weight is 870 g/mol. The molecule has 25 atom stereocenters. The molecule has 344 valence electrons. The number of carbonyl (C=O) groups is 1. The van der Waals surface area contributed by atoms with E-state index in [2.05, 4.69) is 5.32 Å². The molecule has 0 saturated carbocycles. The number of rotatable bonds is 15. The van der Waals surface area contributed by atoms with Crippen LogP contribution < -0.4 is 5.32 Å². The molecular weight excluding hydrogens is 814 g/mol. The largest absolute Gasteiger partial charge is 0.394 e. The zero-order valence-electron chi connectivity index (χ0n) is 31.2. The second kappa shape index (κ2) is 20.8. The Labute approximate surface area is 333 Å². The summed E-state index contributed by atoms with van der Waals surface area (Å²) in [5.41, 5.74) is 0. The zero-order valence-corrected chi connectivity index (χ0v) is 31.2. The Morgan fingerprint density at radius 3 is 1.49 bits per heavy atom. The highest BCUT2D eigenvalue weighted by Gasteiger charge is 2.56. The minimum absolute atomic E-state index is 0.744. The molecule has 5 saturated heterocycles. The van der Waals surface area contributed by atoms with Crippen molar-refractivity contribution in [2.75, 3.05) is 33.0 Å². The van der Waals surface area contributed by atoms with Gasteiger partial charge in [-0.3, -0.25) is 4.79 Å². The van der Waals surface area contributed by atoms with E-state index in [4.69, 9.17) is 42.6 Å². The Hall–Kier alpha value is -1.53. The number of hydrogen-bond acceptors (Lipinski definition) is 26. The summed E-state index contributed by atoms with van der Waals surface area (Å²) in [6.45, 7) is -3.51. The SMILES string of the molecule is CC(=O)N[C@@H]1[C@@H](O)[C@H](O[C@@H]2O[C@@H]([C@H](O)CO)[C@H](O)[C@H]2O)[C@@H](CO[C@@H]2O[C@H](CO)[C@H](O)[C@H](O[C@@H]3O[C@H](CO)[C@H](O)[C@H](O)[C@H]3O)[C@H]2O[C@@H]2O[C@H](CO)[C@H](O)[C@H](O)[C@H]2O)O[C@@H]1O. The lowest BCUT2D eigenvalue weighted by Crippen LogP contribution is -2.68. The molecule has 5 rings (SSSR count). The number of carbonyl (C=O) groups excluding carboxylic acids is 1. The quantitative estimate of drug-likeness (QED) is 0.0726. The standard InChI is InChI=1S/C32H55NO26/c1-7(38)33-13-17(43)25(57-31-23(49)20(46)24(56-31)8(39)2-34)12(52-28(13)50)6-51-32-27(59-30-22(48)19(45)15(41)10(4-36)54-30)26(16(42)11(5-37)55-32)58-29-21(47)18(44)14(40)9(3-35)53-29/h8-32,34-37,39-50H,2-6H2,1H3,(H,33,38)/t8-,9-,10-,11-,12-,13-,14+,15+,16+,17-,18+,19+,20-,21-,22-,23-,24+,25-,26+,27-,28+,29+,30+,31+,32-/m1/s1. The molecule has 0 bridgehead atoms. The van der Waals surface area contributed by atoms with E-state index in [-0.39, 0.29) is 0 Å². The van der Waals surface area contributed by atoms with E-state index in [9.17, 15) is 86.5 Å². The first-order valence-corrected chi connectivity index (χ1v) is 18.6. The number of aliphatic hydroxyl groups is 16. The van der Waals surface area contributed by atoms with Crippen LogP contribution in [0.2, 0.25) is 0 Å². The molecule has 5 aliphatic heterocycles. The average Bonchev–Trinajstić information content (AvgIpc) is 3.49. The summed E-state index contributed by atoms with van der Waals surface area (Å²) in [7, 11) is 0. The van der Waals surface area contributed by atoms with Gasteiger partial charge >= 0.3 is 0 Å². The maximum atomic E-state index is 11.9. The molecule has 5 aliphatic rings. The monoisotopic (exact) mass is 869 g/mol. The third kappa shape index (κ3) is 10.3. The highest BCUT2D eigenvalue weighted by atomic mass is 16.8. The van der Waals surface area contributed by atoms with Crippen molar-refractivity contribution in [3.63, 3.8) is 0 Å². The lowest BCUT2D eigenvalue weighted by atomic mass is 9.95. The Morgan fingerprint density at radius 2 is 0.983 bits per heavy atom. The molecule has 59 heavy (non-hydrogen) atoms. The number of nitrogens with one attached hydrogen (secondary N) is 1. The van der Waals surface area contributed by atoms with Crippen molar-refractivity contribution in [3.8, 4) is 0 Å². The Bertz CT molecular complexity index is 1320. The molecular formula is C32H55NO26. The summed E-state index contributed by atoms with van der Waals surface area (Å²) in [6.07, 6.45) is -44.7. The van der Waals surface area contributed by atoms with Crippen molar-refractivity contribution >= 4 is 5.91 Å². The number of ether oxygens (including phenoxy) is 9.